The van der Waals surface area contributed by atoms with Gasteiger partial charge in [-0.15, -0.1) is 0 Å². The number of rotatable bonds is 4. The van der Waals surface area contributed by atoms with Crippen LogP contribution in [0.15, 0.2) is 24.4 Å². The van der Waals surface area contributed by atoms with Crippen molar-refractivity contribution in [1.82, 2.24) is 15.6 Å². The molecule has 0 radical (unpaired) electrons. The molecule has 0 saturated carbocycles. The number of hydrogen-bond donors (Lipinski definition) is 2. The van der Waals surface area contributed by atoms with E-state index in [1.54, 1.807) is 6.20 Å². The summed E-state index contributed by atoms with van der Waals surface area (Å²) in [7, 11) is 0. The summed E-state index contributed by atoms with van der Waals surface area (Å²) in [5.74, 6) is 0.000260. The number of hydrogen-bond acceptors (Lipinski definition) is 3. The molecule has 0 aliphatic heterocycles. The van der Waals surface area contributed by atoms with Crippen LogP contribution in [0.25, 0.3) is 0 Å². The molecule has 1 aromatic rings. The van der Waals surface area contributed by atoms with Crippen LogP contribution in [-0.4, -0.2) is 23.0 Å². The van der Waals surface area contributed by atoms with Crippen molar-refractivity contribution in [3.8, 4) is 0 Å². The Morgan fingerprint density at radius 1 is 1.41 bits per heavy atom. The summed E-state index contributed by atoms with van der Waals surface area (Å²) in [5, 5.41) is 6.05. The van der Waals surface area contributed by atoms with E-state index in [4.69, 9.17) is 0 Å². The Morgan fingerprint density at radius 2 is 2.12 bits per heavy atom. The van der Waals surface area contributed by atoms with Gasteiger partial charge in [0.2, 0.25) is 5.91 Å². The van der Waals surface area contributed by atoms with Gasteiger partial charge in [0.1, 0.15) is 0 Å². The molecule has 0 saturated heterocycles. The van der Waals surface area contributed by atoms with E-state index < -0.39 is 0 Å². The van der Waals surface area contributed by atoms with Crippen molar-refractivity contribution in [3.63, 3.8) is 0 Å². The van der Waals surface area contributed by atoms with Gasteiger partial charge in [0.05, 0.1) is 12.2 Å². The van der Waals surface area contributed by atoms with Gasteiger partial charge in [-0.25, -0.2) is 0 Å². The molecular formula is C13H21N3O. The highest BCUT2D eigenvalue weighted by atomic mass is 16.2. The highest BCUT2D eigenvalue weighted by Gasteiger charge is 2.14. The van der Waals surface area contributed by atoms with Crippen LogP contribution in [0.1, 0.15) is 39.4 Å². The third-order valence-electron chi connectivity index (χ3n) is 2.21. The van der Waals surface area contributed by atoms with Crippen LogP contribution in [0.3, 0.4) is 0 Å². The highest BCUT2D eigenvalue weighted by molar-refractivity contribution is 5.78. The Balaban J connectivity index is 2.39. The second kappa shape index (κ2) is 5.77. The zero-order chi connectivity index (χ0) is 12.9. The maximum atomic E-state index is 11.6. The minimum Gasteiger partial charge on any atom is -0.350 e. The average molecular weight is 235 g/mol. The van der Waals surface area contributed by atoms with Crippen LogP contribution in [0.5, 0.6) is 0 Å². The van der Waals surface area contributed by atoms with Gasteiger partial charge >= 0.3 is 0 Å². The minimum atomic E-state index is -0.188. The SMILES string of the molecule is CC(NCC(=O)NC(C)(C)C)c1ccccn1. The molecule has 94 valence electrons. The monoisotopic (exact) mass is 235 g/mol. The van der Waals surface area contributed by atoms with E-state index in [9.17, 15) is 4.79 Å². The van der Waals surface area contributed by atoms with Gasteiger partial charge in [-0.1, -0.05) is 6.07 Å². The first-order chi connectivity index (χ1) is 7.88. The molecule has 4 heteroatoms. The molecule has 4 nitrogen and oxygen atoms in total. The van der Waals surface area contributed by atoms with Crippen molar-refractivity contribution in [1.29, 1.82) is 0 Å². The summed E-state index contributed by atoms with van der Waals surface area (Å²) in [4.78, 5) is 15.8. The fraction of sp³-hybridized carbons (Fsp3) is 0.538. The Bertz CT molecular complexity index is 357. The molecule has 1 aromatic heterocycles. The first kappa shape index (κ1) is 13.6. The van der Waals surface area contributed by atoms with Crippen molar-refractivity contribution in [2.45, 2.75) is 39.3 Å². The molecular weight excluding hydrogens is 214 g/mol. The van der Waals surface area contributed by atoms with Gasteiger partial charge in [-0.05, 0) is 39.8 Å². The number of nitrogens with zero attached hydrogens (tertiary/aromatic N) is 1. The summed E-state index contributed by atoms with van der Waals surface area (Å²) in [6, 6.07) is 5.83. The third-order valence-corrected chi connectivity index (χ3v) is 2.21. The van der Waals surface area contributed by atoms with E-state index in [1.165, 1.54) is 0 Å². The molecule has 0 spiro atoms. The van der Waals surface area contributed by atoms with E-state index >= 15 is 0 Å². The number of carbonyl (C=O) groups is 1. The molecule has 0 bridgehead atoms. The number of aromatic nitrogens is 1. The van der Waals surface area contributed by atoms with Gasteiger partial charge in [-0.3, -0.25) is 9.78 Å². The molecule has 1 rings (SSSR count). The first-order valence-electron chi connectivity index (χ1n) is 5.84. The fourth-order valence-corrected chi connectivity index (χ4v) is 1.44. The van der Waals surface area contributed by atoms with Crippen molar-refractivity contribution >= 4 is 5.91 Å². The van der Waals surface area contributed by atoms with Gasteiger partial charge in [0, 0.05) is 17.8 Å². The third kappa shape index (κ3) is 5.45. The second-order valence-corrected chi connectivity index (χ2v) is 5.16. The van der Waals surface area contributed by atoms with Crippen LogP contribution < -0.4 is 10.6 Å². The Hall–Kier alpha value is -1.42. The van der Waals surface area contributed by atoms with Crippen LogP contribution in [0, 0.1) is 0 Å². The van der Waals surface area contributed by atoms with E-state index in [0.717, 1.165) is 5.69 Å². The molecule has 2 N–H and O–H groups in total. The fourth-order valence-electron chi connectivity index (χ4n) is 1.44. The van der Waals surface area contributed by atoms with Crippen molar-refractivity contribution in [2.75, 3.05) is 6.54 Å². The molecule has 1 heterocycles. The summed E-state index contributed by atoms with van der Waals surface area (Å²) in [5.41, 5.74) is 0.753. The molecule has 1 amide bonds. The molecule has 1 atom stereocenters. The van der Waals surface area contributed by atoms with Crippen molar-refractivity contribution in [3.05, 3.63) is 30.1 Å². The van der Waals surface area contributed by atoms with Crippen LogP contribution in [0.2, 0.25) is 0 Å². The maximum Gasteiger partial charge on any atom is 0.234 e. The smallest absolute Gasteiger partial charge is 0.234 e. The largest absolute Gasteiger partial charge is 0.350 e. The molecule has 0 aromatic carbocycles. The second-order valence-electron chi connectivity index (χ2n) is 5.16. The number of carbonyl (C=O) groups excluding carboxylic acids is 1. The molecule has 0 aliphatic rings. The van der Waals surface area contributed by atoms with Gasteiger partial charge in [0.15, 0.2) is 0 Å². The Morgan fingerprint density at radius 3 is 2.65 bits per heavy atom. The van der Waals surface area contributed by atoms with Crippen LogP contribution >= 0.6 is 0 Å². The van der Waals surface area contributed by atoms with E-state index in [2.05, 4.69) is 15.6 Å². The normalized spacial score (nSPS) is 13.2. The Labute approximate surface area is 103 Å². The van der Waals surface area contributed by atoms with Gasteiger partial charge in [-0.2, -0.15) is 0 Å². The topological polar surface area (TPSA) is 54.0 Å². The van der Waals surface area contributed by atoms with Crippen molar-refractivity contribution in [2.24, 2.45) is 0 Å². The van der Waals surface area contributed by atoms with E-state index in [0.29, 0.717) is 6.54 Å². The highest BCUT2D eigenvalue weighted by Crippen LogP contribution is 2.07. The molecule has 0 fully saturated rings. The predicted octanol–water partition coefficient (Wildman–Crippen LogP) is 1.65. The molecule has 1 unspecified atom stereocenters. The number of amides is 1. The van der Waals surface area contributed by atoms with Gasteiger partial charge in [0.25, 0.3) is 0 Å². The lowest BCUT2D eigenvalue weighted by atomic mass is 10.1. The Kier molecular flexibility index (Phi) is 4.63. The maximum absolute atomic E-state index is 11.6. The number of nitrogens with one attached hydrogen (secondary N) is 2. The lowest BCUT2D eigenvalue weighted by Crippen LogP contribution is -2.45. The zero-order valence-electron chi connectivity index (χ0n) is 10.9. The van der Waals surface area contributed by atoms with Crippen molar-refractivity contribution < 1.29 is 4.79 Å². The summed E-state index contributed by atoms with van der Waals surface area (Å²) < 4.78 is 0. The minimum absolute atomic E-state index is 0.000260. The predicted molar refractivity (Wildman–Crippen MR) is 68.6 cm³/mol. The zero-order valence-corrected chi connectivity index (χ0v) is 10.9. The standard InChI is InChI=1S/C13H21N3O/c1-10(11-7-5-6-8-14-11)15-9-12(17)16-13(2,3)4/h5-8,10,15H,9H2,1-4H3,(H,16,17). The van der Waals surface area contributed by atoms with Crippen LogP contribution in [-0.2, 0) is 4.79 Å². The first-order valence-corrected chi connectivity index (χ1v) is 5.84. The number of pyridine rings is 1. The summed E-state index contributed by atoms with van der Waals surface area (Å²) in [6.45, 7) is 8.19. The molecule has 17 heavy (non-hydrogen) atoms. The van der Waals surface area contributed by atoms with Crippen LogP contribution in [0.4, 0.5) is 0 Å². The van der Waals surface area contributed by atoms with E-state index in [-0.39, 0.29) is 17.5 Å². The summed E-state index contributed by atoms with van der Waals surface area (Å²) >= 11 is 0. The van der Waals surface area contributed by atoms with Gasteiger partial charge < -0.3 is 10.6 Å². The average Bonchev–Trinajstić information content (AvgIpc) is 2.25. The molecule has 0 aliphatic carbocycles. The summed E-state index contributed by atoms with van der Waals surface area (Å²) in [6.07, 6.45) is 1.75. The lowest BCUT2D eigenvalue weighted by molar-refractivity contribution is -0.121. The lowest BCUT2D eigenvalue weighted by Gasteiger charge is -2.21. The van der Waals surface area contributed by atoms with E-state index in [1.807, 2.05) is 45.9 Å². The quantitative estimate of drug-likeness (QED) is 0.834.